The number of likely N-dealkylation sites (tertiary alicyclic amines) is 2. The van der Waals surface area contributed by atoms with Gasteiger partial charge in [-0.1, -0.05) is 36.4 Å². The van der Waals surface area contributed by atoms with Crippen molar-refractivity contribution in [1.82, 2.24) is 14.8 Å². The van der Waals surface area contributed by atoms with Crippen molar-refractivity contribution < 1.29 is 14.0 Å². The molecular weight excluding hydrogens is 483 g/mol. The lowest BCUT2D eigenvalue weighted by molar-refractivity contribution is 0.0243. The van der Waals surface area contributed by atoms with Gasteiger partial charge in [-0.05, 0) is 29.7 Å². The molecule has 2 aromatic carbocycles. The summed E-state index contributed by atoms with van der Waals surface area (Å²) in [6, 6.07) is 15.1. The summed E-state index contributed by atoms with van der Waals surface area (Å²) in [6.07, 6.45) is 0.722. The van der Waals surface area contributed by atoms with E-state index in [9.17, 15) is 9.59 Å². The second-order valence-electron chi connectivity index (χ2n) is 9.11. The summed E-state index contributed by atoms with van der Waals surface area (Å²) in [5, 5.41) is 2.21. The van der Waals surface area contributed by atoms with Crippen LogP contribution >= 0.6 is 22.7 Å². The van der Waals surface area contributed by atoms with Crippen molar-refractivity contribution in [3.63, 3.8) is 0 Å². The number of fused-ring (bicyclic) bond motifs is 1. The number of benzene rings is 2. The quantitative estimate of drug-likeness (QED) is 0.443. The molecule has 2 aliphatic heterocycles. The molecule has 0 spiro atoms. The third-order valence-electron chi connectivity index (χ3n) is 7.02. The van der Waals surface area contributed by atoms with E-state index in [1.807, 2.05) is 48.5 Å². The number of hydrogen-bond donors (Lipinski definition) is 1. The van der Waals surface area contributed by atoms with Gasteiger partial charge in [0.05, 0.1) is 11.6 Å². The Morgan fingerprint density at radius 2 is 1.86 bits per heavy atom. The zero-order chi connectivity index (χ0) is 24.1. The summed E-state index contributed by atoms with van der Waals surface area (Å²) >= 11 is 2.57. The molecule has 178 valence electrons. The van der Waals surface area contributed by atoms with Gasteiger partial charge in [-0.3, -0.25) is 9.59 Å². The van der Waals surface area contributed by atoms with Crippen LogP contribution in [0.15, 0.2) is 59.4 Å². The standard InChI is InChI=1S/C26H23FN4O2S2/c27-22-18-10-16(15-4-2-1-3-5-15)6-7-21(18)35-24(22)26(33)30-11-17(12-30)23-19(28)8-9-31(23)25(32)20-13-34-14-29-20/h1-7,10,13-14,17,19,23H,8-9,11-12,28H2. The van der Waals surface area contributed by atoms with Gasteiger partial charge in [0.1, 0.15) is 10.6 Å². The normalized spacial score (nSPS) is 20.4. The van der Waals surface area contributed by atoms with Crippen LogP contribution in [0.1, 0.15) is 26.6 Å². The van der Waals surface area contributed by atoms with Gasteiger partial charge in [0.25, 0.3) is 11.8 Å². The fourth-order valence-corrected chi connectivity index (χ4v) is 6.76. The number of halogens is 1. The molecule has 2 unspecified atom stereocenters. The Balaban J connectivity index is 1.19. The van der Waals surface area contributed by atoms with E-state index in [4.69, 9.17) is 5.73 Å². The molecule has 2 fully saturated rings. The number of carbonyl (C=O) groups is 2. The summed E-state index contributed by atoms with van der Waals surface area (Å²) in [7, 11) is 0. The number of amides is 2. The molecule has 2 saturated heterocycles. The summed E-state index contributed by atoms with van der Waals surface area (Å²) < 4.78 is 16.1. The topological polar surface area (TPSA) is 79.5 Å². The fraction of sp³-hybridized carbons (Fsp3) is 0.269. The summed E-state index contributed by atoms with van der Waals surface area (Å²) in [6.45, 7) is 1.50. The number of hydrogen-bond acceptors (Lipinski definition) is 6. The summed E-state index contributed by atoms with van der Waals surface area (Å²) in [5.41, 5.74) is 10.4. The molecule has 0 saturated carbocycles. The second kappa shape index (κ2) is 8.82. The number of aromatic nitrogens is 1. The summed E-state index contributed by atoms with van der Waals surface area (Å²) in [5.74, 6) is -0.806. The molecule has 6 rings (SSSR count). The molecule has 0 radical (unpaired) electrons. The zero-order valence-corrected chi connectivity index (χ0v) is 20.4. The fourth-order valence-electron chi connectivity index (χ4n) is 5.20. The monoisotopic (exact) mass is 506 g/mol. The van der Waals surface area contributed by atoms with E-state index < -0.39 is 5.82 Å². The van der Waals surface area contributed by atoms with E-state index in [0.29, 0.717) is 30.7 Å². The molecule has 35 heavy (non-hydrogen) atoms. The molecule has 4 heterocycles. The van der Waals surface area contributed by atoms with Crippen molar-refractivity contribution in [3.05, 3.63) is 75.8 Å². The minimum atomic E-state index is -0.464. The Morgan fingerprint density at radius 1 is 1.06 bits per heavy atom. The van der Waals surface area contributed by atoms with Crippen LogP contribution in [0, 0.1) is 11.7 Å². The molecule has 2 aromatic heterocycles. The lowest BCUT2D eigenvalue weighted by Gasteiger charge is -2.45. The first-order valence-electron chi connectivity index (χ1n) is 11.5. The summed E-state index contributed by atoms with van der Waals surface area (Å²) in [4.78, 5) is 33.8. The number of thiazole rings is 1. The van der Waals surface area contributed by atoms with E-state index >= 15 is 4.39 Å². The van der Waals surface area contributed by atoms with Gasteiger partial charge >= 0.3 is 0 Å². The third-order valence-corrected chi connectivity index (χ3v) is 8.74. The number of carbonyl (C=O) groups excluding carboxylic acids is 2. The zero-order valence-electron chi connectivity index (χ0n) is 18.8. The maximum atomic E-state index is 15.4. The van der Waals surface area contributed by atoms with Crippen LogP contribution in [0.25, 0.3) is 21.2 Å². The Bertz CT molecular complexity index is 1400. The van der Waals surface area contributed by atoms with Gasteiger partial charge in [0.2, 0.25) is 0 Å². The molecule has 0 bridgehead atoms. The van der Waals surface area contributed by atoms with Crippen LogP contribution in [0.3, 0.4) is 0 Å². The van der Waals surface area contributed by atoms with E-state index in [1.165, 1.54) is 22.7 Å². The van der Waals surface area contributed by atoms with Crippen molar-refractivity contribution in [1.29, 1.82) is 0 Å². The number of nitrogens with zero attached hydrogens (tertiary/aromatic N) is 3. The highest BCUT2D eigenvalue weighted by Gasteiger charge is 2.47. The first-order chi connectivity index (χ1) is 17.0. The van der Waals surface area contributed by atoms with E-state index in [2.05, 4.69) is 4.98 Å². The minimum Gasteiger partial charge on any atom is -0.337 e. The van der Waals surface area contributed by atoms with E-state index in [0.717, 1.165) is 22.2 Å². The predicted octanol–water partition coefficient (Wildman–Crippen LogP) is 4.48. The van der Waals surface area contributed by atoms with Gasteiger partial charge < -0.3 is 15.5 Å². The highest BCUT2D eigenvalue weighted by molar-refractivity contribution is 7.20. The maximum absolute atomic E-state index is 15.4. The minimum absolute atomic E-state index is 0.0705. The molecule has 0 aliphatic carbocycles. The molecule has 2 amide bonds. The highest BCUT2D eigenvalue weighted by Crippen LogP contribution is 2.37. The molecule has 2 aliphatic rings. The van der Waals surface area contributed by atoms with Crippen LogP contribution in [-0.2, 0) is 0 Å². The van der Waals surface area contributed by atoms with Gasteiger partial charge in [-0.15, -0.1) is 22.7 Å². The van der Waals surface area contributed by atoms with Gasteiger partial charge in [-0.25, -0.2) is 9.37 Å². The molecule has 4 aromatic rings. The Kier molecular flexibility index (Phi) is 5.63. The number of nitrogens with two attached hydrogens (primary N) is 1. The van der Waals surface area contributed by atoms with Crippen molar-refractivity contribution >= 4 is 44.6 Å². The van der Waals surface area contributed by atoms with E-state index in [1.54, 1.807) is 20.7 Å². The highest BCUT2D eigenvalue weighted by atomic mass is 32.1. The van der Waals surface area contributed by atoms with Crippen molar-refractivity contribution in [3.8, 4) is 11.1 Å². The van der Waals surface area contributed by atoms with Crippen LogP contribution < -0.4 is 5.73 Å². The van der Waals surface area contributed by atoms with Crippen LogP contribution in [-0.4, -0.2) is 58.3 Å². The lowest BCUT2D eigenvalue weighted by atomic mass is 9.87. The van der Waals surface area contributed by atoms with Gasteiger partial charge in [0, 0.05) is 47.1 Å². The average molecular weight is 507 g/mol. The number of thiophene rings is 1. The predicted molar refractivity (Wildman–Crippen MR) is 136 cm³/mol. The molecular formula is C26H23FN4O2S2. The molecule has 2 N–H and O–H groups in total. The first kappa shape index (κ1) is 22.3. The van der Waals surface area contributed by atoms with Crippen LogP contribution in [0.5, 0.6) is 0 Å². The van der Waals surface area contributed by atoms with Gasteiger partial charge in [-0.2, -0.15) is 0 Å². The maximum Gasteiger partial charge on any atom is 0.273 e. The smallest absolute Gasteiger partial charge is 0.273 e. The largest absolute Gasteiger partial charge is 0.337 e. The van der Waals surface area contributed by atoms with E-state index in [-0.39, 0.29) is 34.7 Å². The van der Waals surface area contributed by atoms with Crippen molar-refractivity contribution in [2.75, 3.05) is 19.6 Å². The van der Waals surface area contributed by atoms with Crippen LogP contribution in [0.4, 0.5) is 4.39 Å². The molecule has 6 nitrogen and oxygen atoms in total. The van der Waals surface area contributed by atoms with Crippen LogP contribution in [0.2, 0.25) is 0 Å². The van der Waals surface area contributed by atoms with Gasteiger partial charge in [0.15, 0.2) is 5.82 Å². The first-order valence-corrected chi connectivity index (χ1v) is 13.3. The lowest BCUT2D eigenvalue weighted by Crippen LogP contribution is -2.61. The molecule has 9 heteroatoms. The third kappa shape index (κ3) is 3.84. The van der Waals surface area contributed by atoms with Crippen molar-refractivity contribution in [2.24, 2.45) is 11.7 Å². The SMILES string of the molecule is NC1CCN(C(=O)c2cscn2)C1C1CN(C(=O)c2sc3ccc(-c4ccccc4)cc3c2F)C1. The Labute approximate surface area is 209 Å². The van der Waals surface area contributed by atoms with Crippen molar-refractivity contribution in [2.45, 2.75) is 18.5 Å². The second-order valence-corrected chi connectivity index (χ2v) is 10.9. The Morgan fingerprint density at radius 3 is 2.60 bits per heavy atom. The Hall–Kier alpha value is -3.14. The number of rotatable bonds is 4. The average Bonchev–Trinajstić information content (AvgIpc) is 3.59. The molecule has 2 atom stereocenters.